The van der Waals surface area contributed by atoms with Crippen molar-refractivity contribution in [2.24, 2.45) is 5.92 Å². The van der Waals surface area contributed by atoms with E-state index < -0.39 is 0 Å². The van der Waals surface area contributed by atoms with Crippen molar-refractivity contribution in [1.29, 1.82) is 0 Å². The lowest BCUT2D eigenvalue weighted by Crippen LogP contribution is -2.46. The monoisotopic (exact) mass is 221 g/mol. The van der Waals surface area contributed by atoms with E-state index in [1.54, 1.807) is 10.4 Å². The average molecular weight is 221 g/mol. The Morgan fingerprint density at radius 3 is 3.13 bits per heavy atom. The Morgan fingerprint density at radius 2 is 2.40 bits per heavy atom. The molecule has 2 heteroatoms. The minimum atomic E-state index is 0.285. The summed E-state index contributed by atoms with van der Waals surface area (Å²) in [6, 6.07) is 2.32. The SMILES string of the molecule is CC1(CC2CCC2)NCCc2ccsc21. The van der Waals surface area contributed by atoms with Gasteiger partial charge in [0.2, 0.25) is 0 Å². The van der Waals surface area contributed by atoms with Gasteiger partial charge in [0, 0.05) is 11.4 Å². The van der Waals surface area contributed by atoms with Gasteiger partial charge in [0.15, 0.2) is 0 Å². The minimum Gasteiger partial charge on any atom is -0.307 e. The number of rotatable bonds is 2. The van der Waals surface area contributed by atoms with Gasteiger partial charge in [-0.25, -0.2) is 0 Å². The van der Waals surface area contributed by atoms with Gasteiger partial charge in [0.25, 0.3) is 0 Å². The Hall–Kier alpha value is -0.340. The molecule has 1 fully saturated rings. The molecule has 82 valence electrons. The van der Waals surface area contributed by atoms with Crippen molar-refractivity contribution in [2.75, 3.05) is 6.54 Å². The molecule has 1 unspecified atom stereocenters. The van der Waals surface area contributed by atoms with Gasteiger partial charge >= 0.3 is 0 Å². The lowest BCUT2D eigenvalue weighted by molar-refractivity contribution is 0.201. The van der Waals surface area contributed by atoms with Crippen LogP contribution in [-0.2, 0) is 12.0 Å². The molecule has 1 N–H and O–H groups in total. The van der Waals surface area contributed by atoms with Crippen LogP contribution in [0.1, 0.15) is 43.0 Å². The van der Waals surface area contributed by atoms with Crippen molar-refractivity contribution < 1.29 is 0 Å². The molecule has 0 radical (unpaired) electrons. The Kier molecular flexibility index (Phi) is 2.37. The van der Waals surface area contributed by atoms with Gasteiger partial charge in [0.1, 0.15) is 0 Å². The molecule has 1 nitrogen and oxygen atoms in total. The molecule has 3 rings (SSSR count). The highest BCUT2D eigenvalue weighted by Gasteiger charge is 2.36. The third-order valence-electron chi connectivity index (χ3n) is 4.08. The van der Waals surface area contributed by atoms with Crippen molar-refractivity contribution in [3.63, 3.8) is 0 Å². The molecule has 1 aliphatic carbocycles. The van der Waals surface area contributed by atoms with E-state index in [1.165, 1.54) is 32.1 Å². The Labute approximate surface area is 95.9 Å². The highest BCUT2D eigenvalue weighted by Crippen LogP contribution is 2.42. The summed E-state index contributed by atoms with van der Waals surface area (Å²) < 4.78 is 0. The Bertz CT molecular complexity index is 353. The minimum absolute atomic E-state index is 0.285. The molecule has 0 spiro atoms. The maximum Gasteiger partial charge on any atom is 0.0505 e. The largest absolute Gasteiger partial charge is 0.307 e. The normalized spacial score (nSPS) is 31.0. The molecule has 1 saturated carbocycles. The zero-order valence-corrected chi connectivity index (χ0v) is 10.2. The first-order valence-electron chi connectivity index (χ1n) is 6.10. The standard InChI is InChI=1S/C13H19NS/c1-13(9-10-3-2-4-10)12-11(5-7-14-13)6-8-15-12/h6,8,10,14H,2-5,7,9H2,1H3. The molecule has 2 aliphatic rings. The molecule has 1 atom stereocenters. The van der Waals surface area contributed by atoms with Crippen molar-refractivity contribution in [2.45, 2.75) is 44.6 Å². The van der Waals surface area contributed by atoms with E-state index in [2.05, 4.69) is 23.7 Å². The van der Waals surface area contributed by atoms with Gasteiger partial charge in [-0.1, -0.05) is 19.3 Å². The highest BCUT2D eigenvalue weighted by atomic mass is 32.1. The Balaban J connectivity index is 1.85. The third kappa shape index (κ3) is 1.64. The van der Waals surface area contributed by atoms with Crippen LogP contribution in [-0.4, -0.2) is 6.54 Å². The van der Waals surface area contributed by atoms with Crippen molar-refractivity contribution in [1.82, 2.24) is 5.32 Å². The molecule has 2 heterocycles. The molecule has 0 bridgehead atoms. The summed E-state index contributed by atoms with van der Waals surface area (Å²) in [5.74, 6) is 0.982. The summed E-state index contributed by atoms with van der Waals surface area (Å²) in [5.41, 5.74) is 1.88. The summed E-state index contributed by atoms with van der Waals surface area (Å²) in [7, 11) is 0. The molecule has 1 aromatic heterocycles. The molecular weight excluding hydrogens is 202 g/mol. The van der Waals surface area contributed by atoms with E-state index in [0.29, 0.717) is 0 Å². The van der Waals surface area contributed by atoms with Crippen LogP contribution in [0.5, 0.6) is 0 Å². The summed E-state index contributed by atoms with van der Waals surface area (Å²) >= 11 is 1.95. The van der Waals surface area contributed by atoms with Crippen molar-refractivity contribution >= 4 is 11.3 Å². The fourth-order valence-electron chi connectivity index (χ4n) is 3.01. The van der Waals surface area contributed by atoms with E-state index in [9.17, 15) is 0 Å². The average Bonchev–Trinajstić information content (AvgIpc) is 2.61. The molecule has 15 heavy (non-hydrogen) atoms. The fourth-order valence-corrected chi connectivity index (χ4v) is 4.11. The second kappa shape index (κ2) is 3.60. The first kappa shape index (κ1) is 9.86. The van der Waals surface area contributed by atoms with Gasteiger partial charge in [-0.3, -0.25) is 0 Å². The maximum atomic E-state index is 3.75. The van der Waals surface area contributed by atoms with Gasteiger partial charge < -0.3 is 5.32 Å². The molecule has 0 saturated heterocycles. The van der Waals surface area contributed by atoms with Gasteiger partial charge in [-0.05, 0) is 42.7 Å². The van der Waals surface area contributed by atoms with Crippen LogP contribution in [0.2, 0.25) is 0 Å². The van der Waals surface area contributed by atoms with E-state index in [4.69, 9.17) is 0 Å². The van der Waals surface area contributed by atoms with Crippen LogP contribution in [0.4, 0.5) is 0 Å². The smallest absolute Gasteiger partial charge is 0.0505 e. The van der Waals surface area contributed by atoms with Crippen molar-refractivity contribution in [3.05, 3.63) is 21.9 Å². The second-order valence-corrected chi connectivity index (χ2v) is 6.20. The van der Waals surface area contributed by atoms with Crippen LogP contribution in [0.15, 0.2) is 11.4 Å². The third-order valence-corrected chi connectivity index (χ3v) is 5.30. The predicted molar refractivity (Wildman–Crippen MR) is 65.3 cm³/mol. The zero-order chi connectivity index (χ0) is 10.3. The molecule has 1 aromatic rings. The molecule has 0 aromatic carbocycles. The first-order valence-corrected chi connectivity index (χ1v) is 6.98. The molecular formula is C13H19NS. The van der Waals surface area contributed by atoms with Gasteiger partial charge in [-0.2, -0.15) is 0 Å². The lowest BCUT2D eigenvalue weighted by Gasteiger charge is -2.40. The highest BCUT2D eigenvalue weighted by molar-refractivity contribution is 7.10. The quantitative estimate of drug-likeness (QED) is 0.808. The van der Waals surface area contributed by atoms with Gasteiger partial charge in [-0.15, -0.1) is 11.3 Å². The lowest BCUT2D eigenvalue weighted by atomic mass is 9.74. The van der Waals surface area contributed by atoms with E-state index in [-0.39, 0.29) is 5.54 Å². The molecule has 0 amide bonds. The number of fused-ring (bicyclic) bond motifs is 1. The summed E-state index contributed by atoms with van der Waals surface area (Å²) in [6.07, 6.45) is 6.94. The summed E-state index contributed by atoms with van der Waals surface area (Å²) in [4.78, 5) is 1.61. The fraction of sp³-hybridized carbons (Fsp3) is 0.692. The molecule has 1 aliphatic heterocycles. The van der Waals surface area contributed by atoms with Crippen LogP contribution >= 0.6 is 11.3 Å². The summed E-state index contributed by atoms with van der Waals surface area (Å²) in [6.45, 7) is 3.56. The van der Waals surface area contributed by atoms with Crippen LogP contribution < -0.4 is 5.32 Å². The summed E-state index contributed by atoms with van der Waals surface area (Å²) in [5, 5.41) is 6.01. The van der Waals surface area contributed by atoms with E-state index >= 15 is 0 Å². The topological polar surface area (TPSA) is 12.0 Å². The van der Waals surface area contributed by atoms with E-state index in [1.807, 2.05) is 11.3 Å². The van der Waals surface area contributed by atoms with Crippen LogP contribution in [0.25, 0.3) is 0 Å². The van der Waals surface area contributed by atoms with E-state index in [0.717, 1.165) is 12.5 Å². The number of hydrogen-bond acceptors (Lipinski definition) is 2. The number of thiophene rings is 1. The second-order valence-electron chi connectivity index (χ2n) is 5.28. The first-order chi connectivity index (χ1) is 7.28. The predicted octanol–water partition coefficient (Wildman–Crippen LogP) is 3.30. The maximum absolute atomic E-state index is 3.75. The van der Waals surface area contributed by atoms with Crippen LogP contribution in [0, 0.1) is 5.92 Å². The van der Waals surface area contributed by atoms with Crippen LogP contribution in [0.3, 0.4) is 0 Å². The number of nitrogens with one attached hydrogen (secondary N) is 1. The van der Waals surface area contributed by atoms with Crippen molar-refractivity contribution in [3.8, 4) is 0 Å². The van der Waals surface area contributed by atoms with Gasteiger partial charge in [0.05, 0.1) is 5.54 Å². The Morgan fingerprint density at radius 1 is 1.53 bits per heavy atom. The zero-order valence-electron chi connectivity index (χ0n) is 9.38. The number of hydrogen-bond donors (Lipinski definition) is 1.